The van der Waals surface area contributed by atoms with E-state index in [-0.39, 0.29) is 6.04 Å². The first kappa shape index (κ1) is 9.43. The summed E-state index contributed by atoms with van der Waals surface area (Å²) in [4.78, 5) is 12.0. The SMILES string of the molecule is CCN(C=O)C(C)COC. The zero-order valence-corrected chi connectivity index (χ0v) is 6.83. The first-order valence-corrected chi connectivity index (χ1v) is 3.46. The van der Waals surface area contributed by atoms with Gasteiger partial charge < -0.3 is 9.64 Å². The minimum Gasteiger partial charge on any atom is -0.383 e. The smallest absolute Gasteiger partial charge is 0.210 e. The summed E-state index contributed by atoms with van der Waals surface area (Å²) < 4.78 is 4.89. The highest BCUT2D eigenvalue weighted by Crippen LogP contribution is 1.94. The van der Waals surface area contributed by atoms with Crippen molar-refractivity contribution in [3.05, 3.63) is 0 Å². The maximum Gasteiger partial charge on any atom is 0.210 e. The van der Waals surface area contributed by atoms with Crippen LogP contribution in [0.25, 0.3) is 0 Å². The molecule has 0 aromatic heterocycles. The molecule has 0 N–H and O–H groups in total. The lowest BCUT2D eigenvalue weighted by Gasteiger charge is -2.22. The largest absolute Gasteiger partial charge is 0.383 e. The second-order valence-electron chi connectivity index (χ2n) is 2.24. The molecule has 60 valence electrons. The molecule has 0 aliphatic carbocycles. The standard InChI is InChI=1S/C7H15NO2/c1-4-8(6-9)7(2)5-10-3/h6-7H,4-5H2,1-3H3. The van der Waals surface area contributed by atoms with Gasteiger partial charge in [0.15, 0.2) is 0 Å². The minimum atomic E-state index is 0.187. The van der Waals surface area contributed by atoms with Gasteiger partial charge in [0.25, 0.3) is 0 Å². The van der Waals surface area contributed by atoms with Gasteiger partial charge in [0.05, 0.1) is 12.6 Å². The maximum absolute atomic E-state index is 10.3. The monoisotopic (exact) mass is 145 g/mol. The molecule has 0 saturated carbocycles. The van der Waals surface area contributed by atoms with Gasteiger partial charge in [-0.25, -0.2) is 0 Å². The summed E-state index contributed by atoms with van der Waals surface area (Å²) in [5.74, 6) is 0. The summed E-state index contributed by atoms with van der Waals surface area (Å²) in [6.07, 6.45) is 0.851. The fraction of sp³-hybridized carbons (Fsp3) is 0.857. The summed E-state index contributed by atoms with van der Waals surface area (Å²) in [6.45, 7) is 5.25. The average molecular weight is 145 g/mol. The van der Waals surface area contributed by atoms with Gasteiger partial charge in [0.2, 0.25) is 6.41 Å². The Balaban J connectivity index is 3.63. The molecule has 0 bridgehead atoms. The molecule has 1 atom stereocenters. The number of carbonyl (C=O) groups excluding carboxylic acids is 1. The zero-order valence-electron chi connectivity index (χ0n) is 6.83. The third kappa shape index (κ3) is 2.82. The number of carbonyl (C=O) groups is 1. The van der Waals surface area contributed by atoms with Gasteiger partial charge in [0.1, 0.15) is 0 Å². The highest BCUT2D eigenvalue weighted by atomic mass is 16.5. The molecule has 3 heteroatoms. The summed E-state index contributed by atoms with van der Waals surface area (Å²) >= 11 is 0. The number of amides is 1. The van der Waals surface area contributed by atoms with Crippen LogP contribution in [0.1, 0.15) is 13.8 Å². The molecule has 0 saturated heterocycles. The van der Waals surface area contributed by atoms with Gasteiger partial charge in [-0.1, -0.05) is 0 Å². The molecule has 0 heterocycles. The fourth-order valence-corrected chi connectivity index (χ4v) is 0.827. The Morgan fingerprint density at radius 3 is 2.60 bits per heavy atom. The summed E-state index contributed by atoms with van der Waals surface area (Å²) in [5.41, 5.74) is 0. The molecular formula is C7H15NO2. The van der Waals surface area contributed by atoms with Crippen LogP contribution in [-0.4, -0.2) is 37.6 Å². The van der Waals surface area contributed by atoms with E-state index >= 15 is 0 Å². The van der Waals surface area contributed by atoms with Crippen molar-refractivity contribution in [2.45, 2.75) is 19.9 Å². The normalized spacial score (nSPS) is 12.7. The number of likely N-dealkylation sites (N-methyl/N-ethyl adjacent to an activating group) is 1. The lowest BCUT2D eigenvalue weighted by Crippen LogP contribution is -2.34. The van der Waals surface area contributed by atoms with Crippen molar-refractivity contribution in [1.82, 2.24) is 4.90 Å². The number of hydrogen-bond acceptors (Lipinski definition) is 2. The second kappa shape index (κ2) is 5.23. The topological polar surface area (TPSA) is 29.5 Å². The number of ether oxygens (including phenoxy) is 1. The first-order valence-electron chi connectivity index (χ1n) is 3.46. The number of hydrogen-bond donors (Lipinski definition) is 0. The zero-order chi connectivity index (χ0) is 7.98. The van der Waals surface area contributed by atoms with Crippen molar-refractivity contribution in [2.24, 2.45) is 0 Å². The van der Waals surface area contributed by atoms with Gasteiger partial charge in [0, 0.05) is 13.7 Å². The van der Waals surface area contributed by atoms with Crippen LogP contribution in [0.3, 0.4) is 0 Å². The van der Waals surface area contributed by atoms with Crippen LogP contribution >= 0.6 is 0 Å². The predicted molar refractivity (Wildman–Crippen MR) is 39.8 cm³/mol. The Morgan fingerprint density at radius 1 is 1.70 bits per heavy atom. The van der Waals surface area contributed by atoms with Gasteiger partial charge >= 0.3 is 0 Å². The van der Waals surface area contributed by atoms with E-state index in [1.807, 2.05) is 13.8 Å². The van der Waals surface area contributed by atoms with Crippen LogP contribution in [0, 0.1) is 0 Å². The molecule has 1 unspecified atom stereocenters. The molecule has 0 fully saturated rings. The molecule has 0 spiro atoms. The highest BCUT2D eigenvalue weighted by molar-refractivity contribution is 5.47. The summed E-state index contributed by atoms with van der Waals surface area (Å²) in [7, 11) is 1.63. The quantitative estimate of drug-likeness (QED) is 0.527. The predicted octanol–water partition coefficient (Wildman–Crippen LogP) is 0.500. The summed E-state index contributed by atoms with van der Waals surface area (Å²) in [5, 5.41) is 0. The molecule has 0 aromatic rings. The van der Waals surface area contributed by atoms with Gasteiger partial charge in [-0.15, -0.1) is 0 Å². The molecule has 0 aliphatic rings. The summed E-state index contributed by atoms with van der Waals surface area (Å²) in [6, 6.07) is 0.187. The van der Waals surface area contributed by atoms with Crippen LogP contribution in [0.4, 0.5) is 0 Å². The van der Waals surface area contributed by atoms with Crippen LogP contribution in [0.2, 0.25) is 0 Å². The van der Waals surface area contributed by atoms with Crippen LogP contribution in [0.15, 0.2) is 0 Å². The molecule has 1 amide bonds. The van der Waals surface area contributed by atoms with Gasteiger partial charge in [-0.05, 0) is 13.8 Å². The van der Waals surface area contributed by atoms with Crippen molar-refractivity contribution in [2.75, 3.05) is 20.3 Å². The van der Waals surface area contributed by atoms with E-state index in [4.69, 9.17) is 4.74 Å². The van der Waals surface area contributed by atoms with Gasteiger partial charge in [-0.2, -0.15) is 0 Å². The Hall–Kier alpha value is -0.570. The Bertz CT molecular complexity index is 95.6. The molecule has 0 aromatic carbocycles. The Labute approximate surface area is 62.0 Å². The van der Waals surface area contributed by atoms with Gasteiger partial charge in [-0.3, -0.25) is 4.79 Å². The number of methoxy groups -OCH3 is 1. The maximum atomic E-state index is 10.3. The Morgan fingerprint density at radius 2 is 2.30 bits per heavy atom. The van der Waals surface area contributed by atoms with Crippen LogP contribution in [0.5, 0.6) is 0 Å². The van der Waals surface area contributed by atoms with Crippen molar-refractivity contribution in [3.8, 4) is 0 Å². The third-order valence-corrected chi connectivity index (χ3v) is 1.47. The molecule has 0 rings (SSSR count). The van der Waals surface area contributed by atoms with Crippen molar-refractivity contribution in [1.29, 1.82) is 0 Å². The van der Waals surface area contributed by atoms with Crippen molar-refractivity contribution < 1.29 is 9.53 Å². The molecular weight excluding hydrogens is 130 g/mol. The lowest BCUT2D eigenvalue weighted by atomic mass is 10.3. The number of nitrogens with zero attached hydrogens (tertiary/aromatic N) is 1. The highest BCUT2D eigenvalue weighted by Gasteiger charge is 2.07. The van der Waals surface area contributed by atoms with E-state index in [1.54, 1.807) is 12.0 Å². The Kier molecular flexibility index (Phi) is 4.94. The van der Waals surface area contributed by atoms with E-state index in [0.29, 0.717) is 6.61 Å². The third-order valence-electron chi connectivity index (χ3n) is 1.47. The van der Waals surface area contributed by atoms with Crippen LogP contribution in [-0.2, 0) is 9.53 Å². The number of rotatable bonds is 5. The van der Waals surface area contributed by atoms with E-state index in [9.17, 15) is 4.79 Å². The van der Waals surface area contributed by atoms with E-state index < -0.39 is 0 Å². The van der Waals surface area contributed by atoms with E-state index in [0.717, 1.165) is 13.0 Å². The first-order chi connectivity index (χ1) is 4.76. The van der Waals surface area contributed by atoms with Crippen molar-refractivity contribution >= 4 is 6.41 Å². The van der Waals surface area contributed by atoms with E-state index in [1.165, 1.54) is 0 Å². The van der Waals surface area contributed by atoms with Crippen LogP contribution < -0.4 is 0 Å². The molecule has 0 aliphatic heterocycles. The van der Waals surface area contributed by atoms with Crippen molar-refractivity contribution in [3.63, 3.8) is 0 Å². The fourth-order valence-electron chi connectivity index (χ4n) is 0.827. The minimum absolute atomic E-state index is 0.187. The molecule has 3 nitrogen and oxygen atoms in total. The lowest BCUT2D eigenvalue weighted by molar-refractivity contribution is -0.120. The van der Waals surface area contributed by atoms with E-state index in [2.05, 4.69) is 0 Å². The molecule has 0 radical (unpaired) electrons. The second-order valence-corrected chi connectivity index (χ2v) is 2.24. The molecule has 10 heavy (non-hydrogen) atoms. The average Bonchev–Trinajstić information content (AvgIpc) is 1.91.